The van der Waals surface area contributed by atoms with E-state index >= 15 is 0 Å². The molecule has 4 rings (SSSR count). The van der Waals surface area contributed by atoms with Gasteiger partial charge in [0.25, 0.3) is 0 Å². The van der Waals surface area contributed by atoms with E-state index in [4.69, 9.17) is 4.98 Å². The van der Waals surface area contributed by atoms with Crippen LogP contribution >= 0.6 is 11.8 Å². The van der Waals surface area contributed by atoms with Crippen molar-refractivity contribution in [3.63, 3.8) is 0 Å². The van der Waals surface area contributed by atoms with Gasteiger partial charge in [0.15, 0.2) is 0 Å². The van der Waals surface area contributed by atoms with Gasteiger partial charge in [-0.05, 0) is 25.8 Å². The molecule has 1 atom stereocenters. The lowest BCUT2D eigenvalue weighted by atomic mass is 9.96. The van der Waals surface area contributed by atoms with Crippen molar-refractivity contribution in [2.75, 3.05) is 42.6 Å². The summed E-state index contributed by atoms with van der Waals surface area (Å²) in [5.41, 5.74) is 0.867. The molecule has 2 aliphatic heterocycles. The van der Waals surface area contributed by atoms with E-state index in [2.05, 4.69) is 19.8 Å². The second kappa shape index (κ2) is 7.15. The number of anilines is 1. The second-order valence-electron chi connectivity index (χ2n) is 6.71. The average molecular weight is 357 g/mol. The van der Waals surface area contributed by atoms with Gasteiger partial charge in [-0.2, -0.15) is 11.8 Å². The molecule has 6 nitrogen and oxygen atoms in total. The molecule has 4 heterocycles. The standard InChI is InChI=1S/C18H23N5OS/c1-13-20-16-11-19-5-4-15(16)17(21-13)23-6-2-3-14(12-23)18(24)22-7-9-25-10-8-22/h4-5,11,14H,2-3,6-10,12H2,1H3. The number of rotatable bonds is 2. The number of piperidine rings is 1. The van der Waals surface area contributed by atoms with Crippen LogP contribution in [0.2, 0.25) is 0 Å². The third-order valence-corrected chi connectivity index (χ3v) is 5.93. The van der Waals surface area contributed by atoms with E-state index in [1.165, 1.54) is 0 Å². The molecule has 0 aromatic carbocycles. The van der Waals surface area contributed by atoms with Gasteiger partial charge in [0.1, 0.15) is 11.6 Å². The molecule has 1 amide bonds. The number of amides is 1. The first kappa shape index (κ1) is 16.6. The topological polar surface area (TPSA) is 62.2 Å². The average Bonchev–Trinajstić information content (AvgIpc) is 2.67. The Kier molecular flexibility index (Phi) is 4.74. The number of carbonyl (C=O) groups is 1. The molecule has 2 fully saturated rings. The lowest BCUT2D eigenvalue weighted by Crippen LogP contribution is -2.47. The van der Waals surface area contributed by atoms with Crippen molar-refractivity contribution in [2.45, 2.75) is 19.8 Å². The van der Waals surface area contributed by atoms with Crippen LogP contribution < -0.4 is 4.90 Å². The summed E-state index contributed by atoms with van der Waals surface area (Å²) in [7, 11) is 0. The Morgan fingerprint density at radius 1 is 1.24 bits per heavy atom. The van der Waals surface area contributed by atoms with E-state index < -0.39 is 0 Å². The highest BCUT2D eigenvalue weighted by Crippen LogP contribution is 2.28. The molecule has 1 unspecified atom stereocenters. The predicted octanol–water partition coefficient (Wildman–Crippen LogP) is 2.13. The summed E-state index contributed by atoms with van der Waals surface area (Å²) in [6.07, 6.45) is 5.56. The van der Waals surface area contributed by atoms with E-state index in [1.807, 2.05) is 24.8 Å². The van der Waals surface area contributed by atoms with Gasteiger partial charge in [-0.15, -0.1) is 0 Å². The first-order valence-corrected chi connectivity index (χ1v) is 10.1. The molecule has 2 aliphatic rings. The molecule has 7 heteroatoms. The summed E-state index contributed by atoms with van der Waals surface area (Å²) in [6.45, 7) is 5.38. The van der Waals surface area contributed by atoms with Gasteiger partial charge in [-0.25, -0.2) is 9.97 Å². The van der Waals surface area contributed by atoms with Gasteiger partial charge >= 0.3 is 0 Å². The van der Waals surface area contributed by atoms with Crippen molar-refractivity contribution >= 4 is 34.4 Å². The van der Waals surface area contributed by atoms with E-state index in [0.717, 1.165) is 73.1 Å². The molecule has 0 saturated carbocycles. The third kappa shape index (κ3) is 3.42. The maximum absolute atomic E-state index is 12.9. The number of carbonyl (C=O) groups excluding carboxylic acids is 1. The SMILES string of the molecule is Cc1nc(N2CCCC(C(=O)N3CCSCC3)C2)c2ccncc2n1. The van der Waals surface area contributed by atoms with Crippen LogP contribution in [0, 0.1) is 12.8 Å². The molecule has 25 heavy (non-hydrogen) atoms. The predicted molar refractivity (Wildman–Crippen MR) is 101 cm³/mol. The third-order valence-electron chi connectivity index (χ3n) is 4.98. The summed E-state index contributed by atoms with van der Waals surface area (Å²) in [6, 6.07) is 1.97. The number of nitrogens with zero attached hydrogens (tertiary/aromatic N) is 5. The molecule has 0 bridgehead atoms. The fourth-order valence-electron chi connectivity index (χ4n) is 3.73. The molecule has 2 aromatic rings. The van der Waals surface area contributed by atoms with E-state index in [-0.39, 0.29) is 5.92 Å². The Morgan fingerprint density at radius 3 is 2.92 bits per heavy atom. The number of thioether (sulfide) groups is 1. The van der Waals surface area contributed by atoms with Gasteiger partial charge in [-0.3, -0.25) is 9.78 Å². The van der Waals surface area contributed by atoms with E-state index in [1.54, 1.807) is 12.4 Å². The van der Waals surface area contributed by atoms with Crippen LogP contribution in [0.4, 0.5) is 5.82 Å². The zero-order valence-corrected chi connectivity index (χ0v) is 15.3. The fraction of sp³-hybridized carbons (Fsp3) is 0.556. The zero-order chi connectivity index (χ0) is 17.2. The van der Waals surface area contributed by atoms with Crippen LogP contribution in [0.5, 0.6) is 0 Å². The maximum Gasteiger partial charge on any atom is 0.227 e. The van der Waals surface area contributed by atoms with E-state index in [9.17, 15) is 4.79 Å². The van der Waals surface area contributed by atoms with Crippen molar-refractivity contribution in [3.8, 4) is 0 Å². The van der Waals surface area contributed by atoms with Crippen LogP contribution in [0.3, 0.4) is 0 Å². The summed E-state index contributed by atoms with van der Waals surface area (Å²) in [5.74, 6) is 4.20. The Bertz CT molecular complexity index is 777. The Morgan fingerprint density at radius 2 is 2.08 bits per heavy atom. The molecule has 0 spiro atoms. The number of pyridine rings is 1. The van der Waals surface area contributed by atoms with Crippen molar-refractivity contribution in [3.05, 3.63) is 24.3 Å². The minimum absolute atomic E-state index is 0.0732. The Hall–Kier alpha value is -1.89. The molecule has 0 aliphatic carbocycles. The van der Waals surface area contributed by atoms with Crippen molar-refractivity contribution in [1.82, 2.24) is 19.9 Å². The van der Waals surface area contributed by atoms with Crippen molar-refractivity contribution < 1.29 is 4.79 Å². The maximum atomic E-state index is 12.9. The zero-order valence-electron chi connectivity index (χ0n) is 14.5. The second-order valence-corrected chi connectivity index (χ2v) is 7.93. The van der Waals surface area contributed by atoms with Gasteiger partial charge in [0.2, 0.25) is 5.91 Å². The number of aryl methyl sites for hydroxylation is 1. The minimum Gasteiger partial charge on any atom is -0.355 e. The lowest BCUT2D eigenvalue weighted by molar-refractivity contribution is -0.135. The monoisotopic (exact) mass is 357 g/mol. The quantitative estimate of drug-likeness (QED) is 0.820. The van der Waals surface area contributed by atoms with Crippen LogP contribution in [0.1, 0.15) is 18.7 Å². The normalized spacial score (nSPS) is 21.6. The molecule has 2 aromatic heterocycles. The highest BCUT2D eigenvalue weighted by Gasteiger charge is 2.31. The fourth-order valence-corrected chi connectivity index (χ4v) is 4.63. The first-order valence-electron chi connectivity index (χ1n) is 8.92. The van der Waals surface area contributed by atoms with Gasteiger partial charge in [-0.1, -0.05) is 0 Å². The number of hydrogen-bond acceptors (Lipinski definition) is 6. The largest absolute Gasteiger partial charge is 0.355 e. The summed E-state index contributed by atoms with van der Waals surface area (Å²) in [4.78, 5) is 30.6. The lowest BCUT2D eigenvalue weighted by Gasteiger charge is -2.37. The van der Waals surface area contributed by atoms with Gasteiger partial charge in [0.05, 0.1) is 17.6 Å². The summed E-state index contributed by atoms with van der Waals surface area (Å²) < 4.78 is 0. The molecule has 132 valence electrons. The Balaban J connectivity index is 1.58. The van der Waals surface area contributed by atoms with Crippen molar-refractivity contribution in [2.24, 2.45) is 5.92 Å². The smallest absolute Gasteiger partial charge is 0.227 e. The number of aromatic nitrogens is 3. The molecule has 2 saturated heterocycles. The minimum atomic E-state index is 0.0732. The van der Waals surface area contributed by atoms with Crippen LogP contribution in [-0.2, 0) is 4.79 Å². The molecular formula is C18H23N5OS. The van der Waals surface area contributed by atoms with Crippen molar-refractivity contribution in [1.29, 1.82) is 0 Å². The van der Waals surface area contributed by atoms with Crippen LogP contribution in [0.15, 0.2) is 18.5 Å². The van der Waals surface area contributed by atoms with Gasteiger partial charge in [0, 0.05) is 49.3 Å². The first-order chi connectivity index (χ1) is 12.2. The molecule has 0 N–H and O–H groups in total. The van der Waals surface area contributed by atoms with Crippen LogP contribution in [-0.4, -0.2) is 63.4 Å². The number of fused-ring (bicyclic) bond motifs is 1. The summed E-state index contributed by atoms with van der Waals surface area (Å²) >= 11 is 1.94. The highest BCUT2D eigenvalue weighted by atomic mass is 32.2. The number of hydrogen-bond donors (Lipinski definition) is 0. The molecular weight excluding hydrogens is 334 g/mol. The van der Waals surface area contributed by atoms with Gasteiger partial charge < -0.3 is 9.80 Å². The summed E-state index contributed by atoms with van der Waals surface area (Å²) in [5, 5.41) is 1.02. The van der Waals surface area contributed by atoms with E-state index in [0.29, 0.717) is 5.91 Å². The van der Waals surface area contributed by atoms with Crippen LogP contribution in [0.25, 0.3) is 10.9 Å². The highest BCUT2D eigenvalue weighted by molar-refractivity contribution is 7.99. The molecule has 0 radical (unpaired) electrons. The Labute approximate surface area is 152 Å².